The Labute approximate surface area is 137 Å². The van der Waals surface area contributed by atoms with E-state index in [0.717, 1.165) is 12.8 Å². The van der Waals surface area contributed by atoms with Crippen molar-refractivity contribution in [1.82, 2.24) is 19.5 Å². The van der Waals surface area contributed by atoms with E-state index in [1.165, 1.54) is 12.8 Å². The lowest BCUT2D eigenvalue weighted by Gasteiger charge is -2.17. The minimum atomic E-state index is -0.370. The van der Waals surface area contributed by atoms with Crippen LogP contribution in [0, 0.1) is 0 Å². The van der Waals surface area contributed by atoms with Crippen molar-refractivity contribution in [3.05, 3.63) is 6.33 Å². The molecule has 4 atom stereocenters. The molecule has 0 amide bonds. The van der Waals surface area contributed by atoms with Crippen molar-refractivity contribution < 1.29 is 19.3 Å². The number of aliphatic hydroxyl groups excluding tert-OH is 1. The number of hydrogen-bond donors (Lipinski definition) is 2. The second kappa shape index (κ2) is 5.27. The fraction of sp³-hybridized carbons (Fsp3) is 0.667. The molecule has 1 saturated carbocycles. The minimum absolute atomic E-state index is 0.0640. The first kappa shape index (κ1) is 14.4. The van der Waals surface area contributed by atoms with Crippen LogP contribution in [0.2, 0.25) is 0 Å². The second-order valence-electron chi connectivity index (χ2n) is 6.55. The topological polar surface area (TPSA) is 121 Å². The Morgan fingerprint density at radius 3 is 2.83 bits per heavy atom. The Morgan fingerprint density at radius 1 is 1.25 bits per heavy atom. The number of fused-ring (bicyclic) bond motifs is 2. The molecule has 4 heterocycles. The zero-order chi connectivity index (χ0) is 16.3. The number of aliphatic hydroxyl groups is 1. The molecule has 0 spiro atoms. The number of epoxide rings is 1. The first-order chi connectivity index (χ1) is 11.7. The second-order valence-corrected chi connectivity index (χ2v) is 6.55. The molecule has 2 aliphatic heterocycles. The van der Waals surface area contributed by atoms with Gasteiger partial charge in [0.25, 0.3) is 0 Å². The average molecular weight is 333 g/mol. The molecule has 1 aliphatic carbocycles. The molecule has 24 heavy (non-hydrogen) atoms. The van der Waals surface area contributed by atoms with Gasteiger partial charge in [-0.05, 0) is 25.7 Å². The van der Waals surface area contributed by atoms with E-state index in [2.05, 4.69) is 15.0 Å². The van der Waals surface area contributed by atoms with Gasteiger partial charge in [0.2, 0.25) is 0 Å². The van der Waals surface area contributed by atoms with Crippen molar-refractivity contribution in [3.8, 4) is 6.01 Å². The molecule has 9 heteroatoms. The average Bonchev–Trinajstić information content (AvgIpc) is 2.92. The van der Waals surface area contributed by atoms with Gasteiger partial charge in [-0.1, -0.05) is 0 Å². The van der Waals surface area contributed by atoms with E-state index in [1.54, 1.807) is 10.9 Å². The molecular formula is C15H19N5O4. The molecule has 128 valence electrons. The molecule has 0 aromatic carbocycles. The van der Waals surface area contributed by atoms with Crippen molar-refractivity contribution in [2.24, 2.45) is 0 Å². The molecule has 3 aliphatic rings. The lowest BCUT2D eigenvalue weighted by atomic mass is 10.2. The monoisotopic (exact) mass is 333 g/mol. The summed E-state index contributed by atoms with van der Waals surface area (Å²) in [5.74, 6) is 0.289. The fourth-order valence-electron chi connectivity index (χ4n) is 3.68. The molecule has 0 unspecified atom stereocenters. The molecule has 3 N–H and O–H groups in total. The van der Waals surface area contributed by atoms with Crippen LogP contribution in [0.5, 0.6) is 6.01 Å². The highest BCUT2D eigenvalue weighted by Crippen LogP contribution is 2.45. The van der Waals surface area contributed by atoms with Gasteiger partial charge in [-0.2, -0.15) is 9.97 Å². The summed E-state index contributed by atoms with van der Waals surface area (Å²) in [7, 11) is 0. The third-order valence-electron chi connectivity index (χ3n) is 4.98. The normalized spacial score (nSPS) is 32.4. The van der Waals surface area contributed by atoms with Gasteiger partial charge in [0.05, 0.1) is 12.9 Å². The molecule has 2 aromatic heterocycles. The number of nitrogens with two attached hydrogens (primary N) is 1. The quantitative estimate of drug-likeness (QED) is 0.771. The van der Waals surface area contributed by atoms with Crippen molar-refractivity contribution in [2.45, 2.75) is 56.3 Å². The largest absolute Gasteiger partial charge is 0.460 e. The van der Waals surface area contributed by atoms with Gasteiger partial charge in [-0.3, -0.25) is 4.57 Å². The summed E-state index contributed by atoms with van der Waals surface area (Å²) in [6.45, 7) is -0.0720. The van der Waals surface area contributed by atoms with Gasteiger partial charge in [0.15, 0.2) is 23.2 Å². The molecule has 2 aromatic rings. The lowest BCUT2D eigenvalue weighted by Crippen LogP contribution is -2.22. The summed E-state index contributed by atoms with van der Waals surface area (Å²) >= 11 is 0. The van der Waals surface area contributed by atoms with Gasteiger partial charge in [0.1, 0.15) is 24.4 Å². The molecule has 0 bridgehead atoms. The maximum atomic E-state index is 9.34. The number of ether oxygens (including phenoxy) is 3. The van der Waals surface area contributed by atoms with Crippen molar-refractivity contribution in [3.63, 3.8) is 0 Å². The first-order valence-electron chi connectivity index (χ1n) is 8.33. The zero-order valence-corrected chi connectivity index (χ0v) is 13.0. The molecular weight excluding hydrogens is 314 g/mol. The number of nitrogens with zero attached hydrogens (tertiary/aromatic N) is 4. The third-order valence-corrected chi connectivity index (χ3v) is 4.98. The summed E-state index contributed by atoms with van der Waals surface area (Å²) in [5, 5.41) is 9.34. The molecule has 2 saturated heterocycles. The van der Waals surface area contributed by atoms with Crippen molar-refractivity contribution >= 4 is 17.0 Å². The number of aromatic nitrogens is 4. The highest BCUT2D eigenvalue weighted by Gasteiger charge is 2.59. The number of rotatable bonds is 4. The number of imidazole rings is 1. The van der Waals surface area contributed by atoms with Crippen LogP contribution in [0.4, 0.5) is 5.82 Å². The summed E-state index contributed by atoms with van der Waals surface area (Å²) in [5.41, 5.74) is 7.10. The molecule has 5 rings (SSSR count). The van der Waals surface area contributed by atoms with Gasteiger partial charge in [-0.25, -0.2) is 4.98 Å². The highest BCUT2D eigenvalue weighted by molar-refractivity contribution is 5.82. The van der Waals surface area contributed by atoms with Crippen LogP contribution in [-0.2, 0) is 9.47 Å². The van der Waals surface area contributed by atoms with Crippen LogP contribution < -0.4 is 10.5 Å². The standard InChI is InChI=1S/C15H19N5O4/c16-12-9-13(19-15(18-12)22-7-3-1-2-4-7)20(6-17-9)14-11-10(24-11)8(5-21)23-14/h6-8,10-11,14,21H,1-5H2,(H2,16,18,19)/t8-,10-,11+,14-/m1/s1. The van der Waals surface area contributed by atoms with E-state index in [4.69, 9.17) is 19.9 Å². The zero-order valence-electron chi connectivity index (χ0n) is 13.0. The van der Waals surface area contributed by atoms with E-state index in [9.17, 15) is 5.11 Å². The third kappa shape index (κ3) is 2.15. The van der Waals surface area contributed by atoms with E-state index < -0.39 is 0 Å². The Balaban J connectivity index is 1.49. The molecule has 9 nitrogen and oxygen atoms in total. The summed E-state index contributed by atoms with van der Waals surface area (Å²) < 4.78 is 19.1. The summed E-state index contributed by atoms with van der Waals surface area (Å²) in [6, 6.07) is 0.277. The Hall–Kier alpha value is -1.97. The lowest BCUT2D eigenvalue weighted by molar-refractivity contribution is -0.0823. The van der Waals surface area contributed by atoms with E-state index in [1.807, 2.05) is 0 Å². The van der Waals surface area contributed by atoms with E-state index in [0.29, 0.717) is 11.2 Å². The Bertz CT molecular complexity index is 775. The van der Waals surface area contributed by atoms with Gasteiger partial charge in [0, 0.05) is 0 Å². The van der Waals surface area contributed by atoms with E-state index >= 15 is 0 Å². The Kier molecular flexibility index (Phi) is 3.15. The maximum Gasteiger partial charge on any atom is 0.320 e. The minimum Gasteiger partial charge on any atom is -0.460 e. The fourth-order valence-corrected chi connectivity index (χ4v) is 3.68. The van der Waals surface area contributed by atoms with E-state index in [-0.39, 0.29) is 49.1 Å². The van der Waals surface area contributed by atoms with Gasteiger partial charge in [-0.15, -0.1) is 0 Å². The number of nitrogen functional groups attached to an aromatic ring is 1. The first-order valence-corrected chi connectivity index (χ1v) is 8.33. The van der Waals surface area contributed by atoms with Crippen LogP contribution in [-0.4, -0.2) is 55.6 Å². The summed E-state index contributed by atoms with van der Waals surface area (Å²) in [4.78, 5) is 13.0. The van der Waals surface area contributed by atoms with Crippen LogP contribution in [0.1, 0.15) is 31.9 Å². The smallest absolute Gasteiger partial charge is 0.320 e. The maximum absolute atomic E-state index is 9.34. The predicted molar refractivity (Wildman–Crippen MR) is 82.3 cm³/mol. The van der Waals surface area contributed by atoms with Crippen LogP contribution in [0.15, 0.2) is 6.33 Å². The van der Waals surface area contributed by atoms with Crippen LogP contribution in [0.3, 0.4) is 0 Å². The van der Waals surface area contributed by atoms with Crippen LogP contribution in [0.25, 0.3) is 11.2 Å². The predicted octanol–water partition coefficient (Wildman–Crippen LogP) is 0.387. The van der Waals surface area contributed by atoms with Gasteiger partial charge < -0.3 is 25.1 Å². The molecule has 3 fully saturated rings. The molecule has 0 radical (unpaired) electrons. The SMILES string of the molecule is Nc1nc(OC2CCCC2)nc2c1ncn2[C@@H]1O[C@H](CO)[C@H]2O[C@@H]21. The summed E-state index contributed by atoms with van der Waals surface area (Å²) in [6.07, 6.45) is 5.30. The van der Waals surface area contributed by atoms with Crippen LogP contribution >= 0.6 is 0 Å². The van der Waals surface area contributed by atoms with Gasteiger partial charge >= 0.3 is 6.01 Å². The Morgan fingerprint density at radius 2 is 2.08 bits per heavy atom. The number of anilines is 1. The van der Waals surface area contributed by atoms with Crippen molar-refractivity contribution in [1.29, 1.82) is 0 Å². The van der Waals surface area contributed by atoms with Crippen molar-refractivity contribution in [2.75, 3.05) is 12.3 Å². The highest BCUT2D eigenvalue weighted by atomic mass is 16.7. The number of hydrogen-bond acceptors (Lipinski definition) is 8.